The van der Waals surface area contributed by atoms with Crippen molar-refractivity contribution in [1.82, 2.24) is 5.32 Å². The first-order valence-electron chi connectivity index (χ1n) is 6.50. The van der Waals surface area contributed by atoms with E-state index >= 15 is 0 Å². The molecule has 0 aliphatic heterocycles. The van der Waals surface area contributed by atoms with Gasteiger partial charge in [0.2, 0.25) is 0 Å². The van der Waals surface area contributed by atoms with Crippen molar-refractivity contribution >= 4 is 23.4 Å². The average Bonchev–Trinajstić information content (AvgIpc) is 2.48. The number of benzene rings is 2. The smallest absolute Gasteiger partial charge is 0.0587 e. The fourth-order valence-electron chi connectivity index (χ4n) is 1.74. The van der Waals surface area contributed by atoms with Gasteiger partial charge < -0.3 is 10.1 Å². The second kappa shape index (κ2) is 8.32. The van der Waals surface area contributed by atoms with E-state index in [9.17, 15) is 0 Å². The van der Waals surface area contributed by atoms with Gasteiger partial charge in [0, 0.05) is 30.0 Å². The van der Waals surface area contributed by atoms with Gasteiger partial charge in [0.1, 0.15) is 0 Å². The maximum Gasteiger partial charge on any atom is 0.0587 e. The molecule has 0 spiro atoms. The number of hydrogen-bond acceptors (Lipinski definition) is 3. The van der Waals surface area contributed by atoms with Gasteiger partial charge >= 0.3 is 0 Å². The molecule has 0 radical (unpaired) electrons. The Labute approximate surface area is 129 Å². The van der Waals surface area contributed by atoms with E-state index in [4.69, 9.17) is 16.3 Å². The minimum Gasteiger partial charge on any atom is -0.383 e. The maximum atomic E-state index is 6.16. The number of ether oxygens (including phenoxy) is 1. The van der Waals surface area contributed by atoms with Crippen molar-refractivity contribution in [3.63, 3.8) is 0 Å². The first-order chi connectivity index (χ1) is 9.79. The molecule has 0 bridgehead atoms. The summed E-state index contributed by atoms with van der Waals surface area (Å²) < 4.78 is 5.00. The summed E-state index contributed by atoms with van der Waals surface area (Å²) in [5.41, 5.74) is 1.27. The van der Waals surface area contributed by atoms with Crippen LogP contribution in [0.4, 0.5) is 0 Å². The van der Waals surface area contributed by atoms with Crippen molar-refractivity contribution in [2.24, 2.45) is 0 Å². The monoisotopic (exact) mass is 307 g/mol. The van der Waals surface area contributed by atoms with Crippen LogP contribution >= 0.6 is 23.4 Å². The van der Waals surface area contributed by atoms with Crippen molar-refractivity contribution in [3.05, 3.63) is 59.1 Å². The van der Waals surface area contributed by atoms with Crippen LogP contribution in [0, 0.1) is 0 Å². The van der Waals surface area contributed by atoms with Gasteiger partial charge in [-0.1, -0.05) is 47.6 Å². The third kappa shape index (κ3) is 4.84. The molecule has 2 rings (SSSR count). The van der Waals surface area contributed by atoms with Gasteiger partial charge in [0.05, 0.1) is 11.6 Å². The molecule has 0 aliphatic rings. The van der Waals surface area contributed by atoms with Crippen molar-refractivity contribution in [1.29, 1.82) is 0 Å². The van der Waals surface area contributed by atoms with Crippen LogP contribution in [0.2, 0.25) is 5.02 Å². The summed E-state index contributed by atoms with van der Waals surface area (Å²) in [6.07, 6.45) is 0. The Morgan fingerprint density at radius 3 is 2.55 bits per heavy atom. The van der Waals surface area contributed by atoms with E-state index < -0.39 is 0 Å². The topological polar surface area (TPSA) is 21.3 Å². The quantitative estimate of drug-likeness (QED) is 0.774. The van der Waals surface area contributed by atoms with E-state index in [1.165, 1.54) is 10.5 Å². The van der Waals surface area contributed by atoms with E-state index in [1.54, 1.807) is 18.9 Å². The summed E-state index contributed by atoms with van der Waals surface area (Å²) in [4.78, 5) is 2.28. The largest absolute Gasteiger partial charge is 0.383 e. The molecule has 0 fully saturated rings. The summed E-state index contributed by atoms with van der Waals surface area (Å²) in [5, 5.41) is 4.12. The zero-order chi connectivity index (χ0) is 14.2. The van der Waals surface area contributed by atoms with Crippen LogP contribution in [0.3, 0.4) is 0 Å². The zero-order valence-electron chi connectivity index (χ0n) is 11.4. The molecule has 1 N–H and O–H groups in total. The highest BCUT2D eigenvalue weighted by molar-refractivity contribution is 7.99. The van der Waals surface area contributed by atoms with Gasteiger partial charge in [-0.15, -0.1) is 0 Å². The molecular weight excluding hydrogens is 290 g/mol. The highest BCUT2D eigenvalue weighted by atomic mass is 35.5. The molecular formula is C16H18ClNOS. The first-order valence-corrected chi connectivity index (χ1v) is 7.70. The highest BCUT2D eigenvalue weighted by Crippen LogP contribution is 2.32. The molecule has 20 heavy (non-hydrogen) atoms. The van der Waals surface area contributed by atoms with Crippen LogP contribution in [-0.4, -0.2) is 20.3 Å². The summed E-state index contributed by atoms with van der Waals surface area (Å²) >= 11 is 7.84. The summed E-state index contributed by atoms with van der Waals surface area (Å²) in [5.74, 6) is 0. The Hall–Kier alpha value is -1.00. The van der Waals surface area contributed by atoms with Gasteiger partial charge in [0.25, 0.3) is 0 Å². The van der Waals surface area contributed by atoms with Crippen molar-refractivity contribution in [2.45, 2.75) is 16.3 Å². The third-order valence-corrected chi connectivity index (χ3v) is 4.33. The van der Waals surface area contributed by atoms with Gasteiger partial charge in [0.15, 0.2) is 0 Å². The Bertz CT molecular complexity index is 530. The molecule has 2 aromatic rings. The van der Waals surface area contributed by atoms with E-state index in [-0.39, 0.29) is 0 Å². The molecule has 106 valence electrons. The SMILES string of the molecule is COCCNCc1ccc(Sc2ccccc2Cl)cc1. The zero-order valence-corrected chi connectivity index (χ0v) is 13.0. The molecule has 0 saturated carbocycles. The molecule has 0 saturated heterocycles. The van der Waals surface area contributed by atoms with Crippen LogP contribution in [0.1, 0.15) is 5.56 Å². The number of nitrogens with one attached hydrogen (secondary N) is 1. The second-order valence-corrected chi connectivity index (χ2v) is 5.87. The fraction of sp³-hybridized carbons (Fsp3) is 0.250. The lowest BCUT2D eigenvalue weighted by atomic mass is 10.2. The number of rotatable bonds is 7. The minimum absolute atomic E-state index is 0.737. The summed E-state index contributed by atoms with van der Waals surface area (Å²) in [6.45, 7) is 2.47. The molecule has 2 aromatic carbocycles. The molecule has 0 unspecified atom stereocenters. The maximum absolute atomic E-state index is 6.16. The number of halogens is 1. The average molecular weight is 308 g/mol. The predicted octanol–water partition coefficient (Wildman–Crippen LogP) is 4.23. The van der Waals surface area contributed by atoms with Crippen LogP contribution in [0.5, 0.6) is 0 Å². The molecule has 0 heterocycles. The van der Waals surface area contributed by atoms with E-state index in [0.717, 1.165) is 29.6 Å². The molecule has 0 atom stereocenters. The van der Waals surface area contributed by atoms with Crippen molar-refractivity contribution in [3.8, 4) is 0 Å². The van der Waals surface area contributed by atoms with Crippen LogP contribution in [0.15, 0.2) is 58.3 Å². The molecule has 0 aliphatic carbocycles. The Morgan fingerprint density at radius 2 is 1.85 bits per heavy atom. The minimum atomic E-state index is 0.737. The molecule has 0 amide bonds. The van der Waals surface area contributed by atoms with Crippen molar-refractivity contribution < 1.29 is 4.74 Å². The van der Waals surface area contributed by atoms with Crippen LogP contribution in [-0.2, 0) is 11.3 Å². The van der Waals surface area contributed by atoms with Gasteiger partial charge in [-0.3, -0.25) is 0 Å². The molecule has 2 nitrogen and oxygen atoms in total. The van der Waals surface area contributed by atoms with E-state index in [1.807, 2.05) is 24.3 Å². The summed E-state index contributed by atoms with van der Waals surface area (Å²) in [6, 6.07) is 16.4. The Kier molecular flexibility index (Phi) is 6.40. The lowest BCUT2D eigenvalue weighted by molar-refractivity contribution is 0.199. The highest BCUT2D eigenvalue weighted by Gasteiger charge is 2.02. The standard InChI is InChI=1S/C16H18ClNOS/c1-19-11-10-18-12-13-6-8-14(9-7-13)20-16-5-3-2-4-15(16)17/h2-9,18H,10-12H2,1H3. The lowest BCUT2D eigenvalue weighted by Crippen LogP contribution is -2.18. The van der Waals surface area contributed by atoms with E-state index in [0.29, 0.717) is 0 Å². The normalized spacial score (nSPS) is 10.7. The number of methoxy groups -OCH3 is 1. The Balaban J connectivity index is 1.90. The predicted molar refractivity (Wildman–Crippen MR) is 85.6 cm³/mol. The van der Waals surface area contributed by atoms with Crippen molar-refractivity contribution in [2.75, 3.05) is 20.3 Å². The van der Waals surface area contributed by atoms with Gasteiger partial charge in [-0.05, 0) is 29.8 Å². The fourth-order valence-corrected chi connectivity index (χ4v) is 2.83. The third-order valence-electron chi connectivity index (χ3n) is 2.80. The Morgan fingerprint density at radius 1 is 1.10 bits per heavy atom. The van der Waals surface area contributed by atoms with Gasteiger partial charge in [-0.25, -0.2) is 0 Å². The van der Waals surface area contributed by atoms with Gasteiger partial charge in [-0.2, -0.15) is 0 Å². The van der Waals surface area contributed by atoms with Crippen LogP contribution < -0.4 is 5.32 Å². The first kappa shape index (κ1) is 15.4. The lowest BCUT2D eigenvalue weighted by Gasteiger charge is -2.07. The second-order valence-electron chi connectivity index (χ2n) is 4.35. The molecule has 0 aromatic heterocycles. The number of hydrogen-bond donors (Lipinski definition) is 1. The van der Waals surface area contributed by atoms with E-state index in [2.05, 4.69) is 29.6 Å². The molecule has 4 heteroatoms. The summed E-state index contributed by atoms with van der Waals surface area (Å²) in [7, 11) is 1.71. The van der Waals surface area contributed by atoms with Crippen LogP contribution in [0.25, 0.3) is 0 Å².